The third-order valence-electron chi connectivity index (χ3n) is 3.45. The number of sulfonamides is 1. The Balaban J connectivity index is 3.14. The van der Waals surface area contributed by atoms with Crippen molar-refractivity contribution in [3.05, 3.63) is 18.2 Å². The topological polar surface area (TPSA) is 81.4 Å². The second-order valence-electron chi connectivity index (χ2n) is 4.78. The SMILES string of the molecule is CCC(C)(CC)NS(=O)(=O)c1ccc(OC)cc1N. The molecule has 0 unspecified atom stereocenters. The molecule has 0 saturated carbocycles. The van der Waals surface area contributed by atoms with Crippen molar-refractivity contribution in [3.63, 3.8) is 0 Å². The first-order valence-electron chi connectivity index (χ1n) is 6.25. The highest BCUT2D eigenvalue weighted by atomic mass is 32.2. The Labute approximate surface area is 115 Å². The number of rotatable bonds is 6. The van der Waals surface area contributed by atoms with Gasteiger partial charge in [-0.2, -0.15) is 0 Å². The van der Waals surface area contributed by atoms with Crippen LogP contribution in [0.2, 0.25) is 0 Å². The Morgan fingerprint density at radius 3 is 2.32 bits per heavy atom. The number of benzene rings is 1. The van der Waals surface area contributed by atoms with Crippen LogP contribution in [0, 0.1) is 0 Å². The van der Waals surface area contributed by atoms with Crippen LogP contribution in [-0.2, 0) is 10.0 Å². The van der Waals surface area contributed by atoms with Crippen molar-refractivity contribution in [3.8, 4) is 5.75 Å². The van der Waals surface area contributed by atoms with Crippen molar-refractivity contribution in [2.24, 2.45) is 0 Å². The molecule has 1 aromatic rings. The molecule has 1 rings (SSSR count). The molecule has 108 valence electrons. The van der Waals surface area contributed by atoms with Crippen LogP contribution in [0.4, 0.5) is 5.69 Å². The van der Waals surface area contributed by atoms with Crippen LogP contribution >= 0.6 is 0 Å². The Bertz CT molecular complexity index is 537. The van der Waals surface area contributed by atoms with Gasteiger partial charge in [-0.05, 0) is 31.9 Å². The third kappa shape index (κ3) is 3.61. The Hall–Kier alpha value is -1.27. The first kappa shape index (κ1) is 15.8. The van der Waals surface area contributed by atoms with Gasteiger partial charge in [0.25, 0.3) is 0 Å². The minimum Gasteiger partial charge on any atom is -0.497 e. The predicted molar refractivity (Wildman–Crippen MR) is 76.7 cm³/mol. The van der Waals surface area contributed by atoms with E-state index in [-0.39, 0.29) is 10.6 Å². The fraction of sp³-hybridized carbons (Fsp3) is 0.538. The first-order valence-corrected chi connectivity index (χ1v) is 7.74. The molecule has 6 heteroatoms. The van der Waals surface area contributed by atoms with Gasteiger partial charge < -0.3 is 10.5 Å². The van der Waals surface area contributed by atoms with E-state index in [9.17, 15) is 8.42 Å². The van der Waals surface area contributed by atoms with E-state index < -0.39 is 15.6 Å². The number of anilines is 1. The molecule has 0 radical (unpaired) electrons. The van der Waals surface area contributed by atoms with Gasteiger partial charge in [0.1, 0.15) is 10.6 Å². The van der Waals surface area contributed by atoms with E-state index in [1.54, 1.807) is 6.07 Å². The number of nitrogen functional groups attached to an aromatic ring is 1. The largest absolute Gasteiger partial charge is 0.497 e. The van der Waals surface area contributed by atoms with Gasteiger partial charge in [-0.3, -0.25) is 0 Å². The lowest BCUT2D eigenvalue weighted by atomic mass is 9.98. The summed E-state index contributed by atoms with van der Waals surface area (Å²) in [5.74, 6) is 0.533. The predicted octanol–water partition coefficient (Wildman–Crippen LogP) is 2.13. The minimum atomic E-state index is -3.63. The summed E-state index contributed by atoms with van der Waals surface area (Å²) in [7, 11) is -2.12. The van der Waals surface area contributed by atoms with Crippen molar-refractivity contribution >= 4 is 15.7 Å². The van der Waals surface area contributed by atoms with E-state index in [4.69, 9.17) is 10.5 Å². The quantitative estimate of drug-likeness (QED) is 0.785. The highest BCUT2D eigenvalue weighted by Gasteiger charge is 2.28. The second-order valence-corrected chi connectivity index (χ2v) is 6.43. The van der Waals surface area contributed by atoms with E-state index in [0.29, 0.717) is 18.6 Å². The van der Waals surface area contributed by atoms with Crippen LogP contribution in [0.5, 0.6) is 5.75 Å². The molecular formula is C13H22N2O3S. The summed E-state index contributed by atoms with van der Waals surface area (Å²) < 4.78 is 32.4. The lowest BCUT2D eigenvalue weighted by molar-refractivity contribution is 0.388. The highest BCUT2D eigenvalue weighted by molar-refractivity contribution is 7.89. The zero-order valence-corrected chi connectivity index (χ0v) is 12.7. The highest BCUT2D eigenvalue weighted by Crippen LogP contribution is 2.26. The molecule has 0 fully saturated rings. The summed E-state index contributed by atoms with van der Waals surface area (Å²) >= 11 is 0. The Morgan fingerprint density at radius 2 is 1.89 bits per heavy atom. The van der Waals surface area contributed by atoms with E-state index in [0.717, 1.165) is 0 Å². The summed E-state index contributed by atoms with van der Waals surface area (Å²) in [4.78, 5) is 0.0847. The van der Waals surface area contributed by atoms with Crippen molar-refractivity contribution in [1.82, 2.24) is 4.72 Å². The van der Waals surface area contributed by atoms with Crippen LogP contribution in [0.15, 0.2) is 23.1 Å². The number of nitrogens with one attached hydrogen (secondary N) is 1. The Morgan fingerprint density at radius 1 is 1.32 bits per heavy atom. The lowest BCUT2D eigenvalue weighted by Crippen LogP contribution is -2.44. The monoisotopic (exact) mass is 286 g/mol. The maximum Gasteiger partial charge on any atom is 0.243 e. The number of ether oxygens (including phenoxy) is 1. The first-order chi connectivity index (χ1) is 8.78. The van der Waals surface area contributed by atoms with Crippen molar-refractivity contribution in [1.29, 1.82) is 0 Å². The van der Waals surface area contributed by atoms with Crippen LogP contribution in [0.3, 0.4) is 0 Å². The van der Waals surface area contributed by atoms with E-state index in [1.165, 1.54) is 19.2 Å². The van der Waals surface area contributed by atoms with Crippen molar-refractivity contribution in [2.45, 2.75) is 44.0 Å². The molecule has 19 heavy (non-hydrogen) atoms. The summed E-state index contributed by atoms with van der Waals surface area (Å²) in [5.41, 5.74) is 5.50. The molecule has 0 bridgehead atoms. The molecule has 0 atom stereocenters. The lowest BCUT2D eigenvalue weighted by Gasteiger charge is -2.28. The van der Waals surface area contributed by atoms with Crippen molar-refractivity contribution < 1.29 is 13.2 Å². The van der Waals surface area contributed by atoms with Gasteiger partial charge in [-0.15, -0.1) is 0 Å². The summed E-state index contributed by atoms with van der Waals surface area (Å²) in [6.07, 6.45) is 1.41. The van der Waals surface area contributed by atoms with Gasteiger partial charge in [-0.1, -0.05) is 13.8 Å². The molecule has 0 amide bonds. The maximum absolute atomic E-state index is 12.4. The van der Waals surface area contributed by atoms with E-state index >= 15 is 0 Å². The molecule has 0 aliphatic heterocycles. The van der Waals surface area contributed by atoms with Crippen molar-refractivity contribution in [2.75, 3.05) is 12.8 Å². The summed E-state index contributed by atoms with van der Waals surface area (Å²) in [6.45, 7) is 5.77. The molecular weight excluding hydrogens is 264 g/mol. The molecule has 0 heterocycles. The van der Waals surface area contributed by atoms with Gasteiger partial charge in [0.2, 0.25) is 10.0 Å². The van der Waals surface area contributed by atoms with Crippen LogP contribution in [-0.4, -0.2) is 21.1 Å². The van der Waals surface area contributed by atoms with Crippen LogP contribution in [0.1, 0.15) is 33.6 Å². The molecule has 0 aliphatic rings. The fourth-order valence-corrected chi connectivity index (χ4v) is 3.34. The van der Waals surface area contributed by atoms with Crippen LogP contribution in [0.25, 0.3) is 0 Å². The zero-order chi connectivity index (χ0) is 14.7. The molecule has 0 spiro atoms. The molecule has 0 saturated heterocycles. The number of hydrogen-bond donors (Lipinski definition) is 2. The number of hydrogen-bond acceptors (Lipinski definition) is 4. The van der Waals surface area contributed by atoms with Gasteiger partial charge in [0.05, 0.1) is 12.8 Å². The average molecular weight is 286 g/mol. The van der Waals surface area contributed by atoms with Crippen LogP contribution < -0.4 is 15.2 Å². The Kier molecular flexibility index (Phi) is 4.81. The molecule has 5 nitrogen and oxygen atoms in total. The van der Waals surface area contributed by atoms with Gasteiger partial charge in [-0.25, -0.2) is 13.1 Å². The third-order valence-corrected chi connectivity index (χ3v) is 5.16. The van der Waals surface area contributed by atoms with E-state index in [1.807, 2.05) is 20.8 Å². The summed E-state index contributed by atoms with van der Waals surface area (Å²) in [5, 5.41) is 0. The molecule has 0 aromatic heterocycles. The molecule has 1 aromatic carbocycles. The normalized spacial score (nSPS) is 12.4. The van der Waals surface area contributed by atoms with Gasteiger partial charge in [0, 0.05) is 11.6 Å². The smallest absolute Gasteiger partial charge is 0.243 e. The second kappa shape index (κ2) is 5.79. The average Bonchev–Trinajstić information content (AvgIpc) is 2.37. The fourth-order valence-electron chi connectivity index (χ4n) is 1.67. The van der Waals surface area contributed by atoms with E-state index in [2.05, 4.69) is 4.72 Å². The zero-order valence-electron chi connectivity index (χ0n) is 11.9. The standard InChI is InChI=1S/C13H22N2O3S/c1-5-13(3,6-2)15-19(16,17)12-8-7-10(18-4)9-11(12)14/h7-9,15H,5-6,14H2,1-4H3. The molecule has 3 N–H and O–H groups in total. The number of methoxy groups -OCH3 is 1. The number of nitrogens with two attached hydrogens (primary N) is 1. The van der Waals surface area contributed by atoms with Gasteiger partial charge >= 0.3 is 0 Å². The summed E-state index contributed by atoms with van der Waals surface area (Å²) in [6, 6.07) is 4.55. The minimum absolute atomic E-state index is 0.0847. The maximum atomic E-state index is 12.4. The molecule has 0 aliphatic carbocycles. The van der Waals surface area contributed by atoms with Gasteiger partial charge in [0.15, 0.2) is 0 Å².